The van der Waals surface area contributed by atoms with Gasteiger partial charge in [0.05, 0.1) is 12.9 Å². The van der Waals surface area contributed by atoms with Crippen LogP contribution in [0.3, 0.4) is 0 Å². The van der Waals surface area contributed by atoms with Gasteiger partial charge in [0, 0.05) is 5.57 Å². The molecule has 11 heteroatoms. The molecule has 1 aliphatic rings. The molecular weight excluding hydrogens is 334 g/mol. The molecule has 6 N–H and O–H groups in total. The average Bonchev–Trinajstić information content (AvgIpc) is 3.11. The van der Waals surface area contributed by atoms with Gasteiger partial charge in [0.2, 0.25) is 0 Å². The van der Waals surface area contributed by atoms with Crippen molar-refractivity contribution >= 4 is 23.0 Å². The molecule has 0 aliphatic carbocycles. The van der Waals surface area contributed by atoms with Crippen LogP contribution in [0.15, 0.2) is 24.8 Å². The Morgan fingerprint density at radius 2 is 2.00 bits per heavy atom. The minimum absolute atomic E-state index is 0.176. The van der Waals surface area contributed by atoms with E-state index in [4.69, 9.17) is 20.7 Å². The number of aliphatic hydroxyl groups excluding tert-OH is 3. The van der Waals surface area contributed by atoms with Crippen LogP contribution in [0.2, 0.25) is 0 Å². The normalized spacial score (nSPS) is 25.4. The van der Waals surface area contributed by atoms with E-state index in [1.807, 2.05) is 0 Å². The van der Waals surface area contributed by atoms with E-state index in [9.17, 15) is 15.0 Å². The molecule has 3 rings (SSSR count). The zero-order valence-electron chi connectivity index (χ0n) is 13.3. The molecule has 0 bridgehead atoms. The van der Waals surface area contributed by atoms with E-state index in [0.717, 1.165) is 0 Å². The fraction of sp³-hybridized carbons (Fsp3) is 0.429. The molecule has 1 saturated heterocycles. The number of rotatable bonds is 3. The van der Waals surface area contributed by atoms with Crippen molar-refractivity contribution < 1.29 is 30.0 Å². The first-order chi connectivity index (χ1) is 11.8. The van der Waals surface area contributed by atoms with Crippen molar-refractivity contribution in [2.75, 3.05) is 12.3 Å². The lowest BCUT2D eigenvalue weighted by molar-refractivity contribution is -0.132. The molecule has 2 aromatic rings. The van der Waals surface area contributed by atoms with Crippen molar-refractivity contribution in [1.29, 1.82) is 0 Å². The number of carboxylic acids is 1. The average molecular weight is 353 g/mol. The van der Waals surface area contributed by atoms with E-state index >= 15 is 0 Å². The van der Waals surface area contributed by atoms with E-state index in [1.165, 1.54) is 24.1 Å². The van der Waals surface area contributed by atoms with Crippen molar-refractivity contribution in [1.82, 2.24) is 19.5 Å². The van der Waals surface area contributed by atoms with Crippen LogP contribution in [-0.4, -0.2) is 70.8 Å². The van der Waals surface area contributed by atoms with E-state index in [-0.39, 0.29) is 11.4 Å². The number of hydrogen-bond donors (Lipinski definition) is 5. The first-order valence-corrected chi connectivity index (χ1v) is 7.22. The summed E-state index contributed by atoms with van der Waals surface area (Å²) < 4.78 is 6.85. The lowest BCUT2D eigenvalue weighted by Crippen LogP contribution is -2.33. The number of nitrogens with zero attached hydrogens (tertiary/aromatic N) is 4. The number of aliphatic hydroxyl groups is 3. The summed E-state index contributed by atoms with van der Waals surface area (Å²) in [5, 5.41) is 36.6. The van der Waals surface area contributed by atoms with Crippen LogP contribution >= 0.6 is 0 Å². The highest BCUT2D eigenvalue weighted by atomic mass is 16.6. The van der Waals surface area contributed by atoms with E-state index < -0.39 is 37.1 Å². The molecule has 25 heavy (non-hydrogen) atoms. The second-order valence-electron chi connectivity index (χ2n) is 5.40. The highest BCUT2D eigenvalue weighted by Crippen LogP contribution is 2.31. The molecule has 0 saturated carbocycles. The highest BCUT2D eigenvalue weighted by molar-refractivity contribution is 5.84. The first-order valence-electron chi connectivity index (χ1n) is 7.22. The van der Waals surface area contributed by atoms with Gasteiger partial charge in [-0.25, -0.2) is 19.7 Å². The van der Waals surface area contributed by atoms with Gasteiger partial charge in [-0.2, -0.15) is 0 Å². The number of nitrogen functional groups attached to an aromatic ring is 1. The Labute approximate surface area is 142 Å². The van der Waals surface area contributed by atoms with Crippen molar-refractivity contribution in [3.8, 4) is 0 Å². The van der Waals surface area contributed by atoms with E-state index in [2.05, 4.69) is 21.5 Å². The lowest BCUT2D eigenvalue weighted by atomic mass is 10.1. The molecule has 1 fully saturated rings. The van der Waals surface area contributed by atoms with E-state index in [0.29, 0.717) is 11.2 Å². The zero-order valence-corrected chi connectivity index (χ0v) is 13.3. The standard InChI is InChI=1S/C10H13N5O4.C4H6O2/c11-8-5-9(13-2-12-8)15(3-14-5)10-7(18)6(17)4(1-16)19-10;1-3(2)4(5)6/h2-4,6-7,10,16-18H,1H2,(H2,11,12,13);1H2,2H3,(H,5,6)/t4-,6-,7-,10-;/m1./s1. The molecular formula is C14H19N5O6. The fourth-order valence-electron chi connectivity index (χ4n) is 2.17. The van der Waals surface area contributed by atoms with Crippen molar-refractivity contribution in [2.45, 2.75) is 31.5 Å². The Hall–Kier alpha value is -2.60. The molecule has 3 heterocycles. The summed E-state index contributed by atoms with van der Waals surface area (Å²) in [7, 11) is 0. The highest BCUT2D eigenvalue weighted by Gasteiger charge is 2.43. The van der Waals surface area contributed by atoms with Gasteiger partial charge in [-0.15, -0.1) is 0 Å². The number of aromatic nitrogens is 4. The van der Waals surface area contributed by atoms with Crippen LogP contribution in [0.1, 0.15) is 13.2 Å². The molecule has 11 nitrogen and oxygen atoms in total. The Balaban J connectivity index is 0.000000326. The molecule has 0 amide bonds. The Morgan fingerprint density at radius 1 is 1.36 bits per heavy atom. The van der Waals surface area contributed by atoms with Crippen LogP contribution in [0.4, 0.5) is 5.82 Å². The summed E-state index contributed by atoms with van der Waals surface area (Å²) in [6.45, 7) is 4.21. The summed E-state index contributed by atoms with van der Waals surface area (Å²) in [6, 6.07) is 0. The lowest BCUT2D eigenvalue weighted by Gasteiger charge is -2.16. The van der Waals surface area contributed by atoms with Gasteiger partial charge < -0.3 is 30.9 Å². The summed E-state index contributed by atoms with van der Waals surface area (Å²) in [4.78, 5) is 21.5. The molecule has 4 atom stereocenters. The van der Waals surface area contributed by atoms with Crippen LogP contribution in [0.5, 0.6) is 0 Å². The second kappa shape index (κ2) is 7.53. The molecule has 1 aliphatic heterocycles. The summed E-state index contributed by atoms with van der Waals surface area (Å²) in [5.41, 5.74) is 6.62. The Bertz CT molecular complexity index is 766. The van der Waals surface area contributed by atoms with Gasteiger partial charge in [-0.05, 0) is 6.92 Å². The van der Waals surface area contributed by atoms with Crippen molar-refractivity contribution in [2.24, 2.45) is 0 Å². The number of carboxylic acid groups (broad SMARTS) is 1. The van der Waals surface area contributed by atoms with Gasteiger partial charge in [0.25, 0.3) is 0 Å². The number of nitrogens with two attached hydrogens (primary N) is 1. The molecule has 0 spiro atoms. The van der Waals surface area contributed by atoms with Crippen LogP contribution in [0.25, 0.3) is 11.2 Å². The molecule has 0 aromatic carbocycles. The first kappa shape index (κ1) is 18.7. The molecule has 0 unspecified atom stereocenters. The van der Waals surface area contributed by atoms with Gasteiger partial charge in [-0.3, -0.25) is 4.57 Å². The number of aliphatic carboxylic acids is 1. The minimum atomic E-state index is -1.19. The van der Waals surface area contributed by atoms with Crippen molar-refractivity contribution in [3.05, 3.63) is 24.8 Å². The molecule has 0 radical (unpaired) electrons. The summed E-state index contributed by atoms with van der Waals surface area (Å²) >= 11 is 0. The van der Waals surface area contributed by atoms with E-state index in [1.54, 1.807) is 0 Å². The number of ether oxygens (including phenoxy) is 1. The van der Waals surface area contributed by atoms with Crippen LogP contribution in [-0.2, 0) is 9.53 Å². The maximum Gasteiger partial charge on any atom is 0.330 e. The third-order valence-corrected chi connectivity index (χ3v) is 3.54. The SMILES string of the molecule is C=C(C)C(=O)O.Nc1ncnc2c1ncn2[C@@H]1O[C@H](CO)[C@@H](O)[C@H]1O. The van der Waals surface area contributed by atoms with Crippen molar-refractivity contribution in [3.63, 3.8) is 0 Å². The summed E-state index contributed by atoms with van der Waals surface area (Å²) in [5.74, 6) is -0.717. The number of hydrogen-bond acceptors (Lipinski definition) is 9. The molecule has 136 valence electrons. The zero-order chi connectivity index (χ0) is 18.7. The minimum Gasteiger partial charge on any atom is -0.478 e. The largest absolute Gasteiger partial charge is 0.478 e. The number of imidazole rings is 1. The fourth-order valence-corrected chi connectivity index (χ4v) is 2.17. The second-order valence-corrected chi connectivity index (χ2v) is 5.40. The van der Waals surface area contributed by atoms with Gasteiger partial charge in [0.1, 0.15) is 30.2 Å². The smallest absolute Gasteiger partial charge is 0.330 e. The number of carbonyl (C=O) groups is 1. The molecule has 2 aromatic heterocycles. The predicted molar refractivity (Wildman–Crippen MR) is 85.2 cm³/mol. The Morgan fingerprint density at radius 3 is 2.52 bits per heavy atom. The quantitative estimate of drug-likeness (QED) is 0.415. The Kier molecular flexibility index (Phi) is 5.64. The summed E-state index contributed by atoms with van der Waals surface area (Å²) in [6.07, 6.45) is -1.42. The topological polar surface area (TPSA) is 177 Å². The third kappa shape index (κ3) is 3.74. The maximum absolute atomic E-state index is 9.95. The maximum atomic E-state index is 9.95. The number of fused-ring (bicyclic) bond motifs is 1. The van der Waals surface area contributed by atoms with Crippen LogP contribution < -0.4 is 5.73 Å². The van der Waals surface area contributed by atoms with Gasteiger partial charge in [0.15, 0.2) is 17.7 Å². The predicted octanol–water partition coefficient (Wildman–Crippen LogP) is -1.33. The van der Waals surface area contributed by atoms with Gasteiger partial charge >= 0.3 is 5.97 Å². The third-order valence-electron chi connectivity index (χ3n) is 3.54. The van der Waals surface area contributed by atoms with Crippen LogP contribution in [0, 0.1) is 0 Å². The number of anilines is 1. The van der Waals surface area contributed by atoms with Gasteiger partial charge in [-0.1, -0.05) is 6.58 Å². The monoisotopic (exact) mass is 353 g/mol.